The molecule has 0 aliphatic heterocycles. The molecule has 0 bridgehead atoms. The first-order valence-corrected chi connectivity index (χ1v) is 2.52. The number of hydrogen-bond acceptors (Lipinski definition) is 0. The second-order valence-electron chi connectivity index (χ2n) is 1.54. The van der Waals surface area contributed by atoms with Crippen LogP contribution in [0.3, 0.4) is 0 Å². The standard InChI is InChI=1S/C8H7.CH3.Y/c1-2-8-6-4-3-5-7-8;;/h2,4-7H,1H2;1H3;/q2*-1;. The van der Waals surface area contributed by atoms with E-state index in [2.05, 4.69) is 12.6 Å². The average Bonchev–Trinajstić information content (AvgIpc) is 1.90. The Bertz CT molecular complexity index is 167. The van der Waals surface area contributed by atoms with E-state index in [9.17, 15) is 0 Å². The topological polar surface area (TPSA) is 0 Å². The number of hydrogen-bond donors (Lipinski definition) is 0. The van der Waals surface area contributed by atoms with Crippen LogP contribution < -0.4 is 0 Å². The van der Waals surface area contributed by atoms with Crippen molar-refractivity contribution < 1.29 is 32.7 Å². The zero-order valence-corrected chi connectivity index (χ0v) is 9.01. The molecule has 0 fully saturated rings. The van der Waals surface area contributed by atoms with E-state index in [4.69, 9.17) is 0 Å². The summed E-state index contributed by atoms with van der Waals surface area (Å²) in [5.41, 5.74) is 1.14. The van der Waals surface area contributed by atoms with Gasteiger partial charge >= 0.3 is 0 Å². The van der Waals surface area contributed by atoms with Crippen molar-refractivity contribution in [2.24, 2.45) is 0 Å². The third-order valence-corrected chi connectivity index (χ3v) is 0.980. The van der Waals surface area contributed by atoms with Gasteiger partial charge < -0.3 is 7.43 Å². The molecule has 0 aliphatic rings. The van der Waals surface area contributed by atoms with Gasteiger partial charge in [0.25, 0.3) is 0 Å². The fourth-order valence-corrected chi connectivity index (χ4v) is 0.536. The molecule has 10 heavy (non-hydrogen) atoms. The quantitative estimate of drug-likeness (QED) is 0.621. The van der Waals surface area contributed by atoms with E-state index in [-0.39, 0.29) is 40.1 Å². The van der Waals surface area contributed by atoms with Crippen molar-refractivity contribution in [2.45, 2.75) is 0 Å². The molecule has 0 unspecified atom stereocenters. The van der Waals surface area contributed by atoms with Gasteiger partial charge in [0, 0.05) is 32.7 Å². The molecule has 0 amide bonds. The summed E-state index contributed by atoms with van der Waals surface area (Å²) in [6, 6.07) is 10.6. The molecule has 51 valence electrons. The molecule has 0 aromatic heterocycles. The van der Waals surface area contributed by atoms with E-state index in [1.54, 1.807) is 0 Å². The Hall–Kier alpha value is 0.0639. The van der Waals surface area contributed by atoms with Crippen LogP contribution in [0, 0.1) is 13.5 Å². The van der Waals surface area contributed by atoms with Gasteiger partial charge in [-0.3, -0.25) is 0 Å². The molecule has 0 aliphatic carbocycles. The van der Waals surface area contributed by atoms with Gasteiger partial charge in [0.2, 0.25) is 0 Å². The first-order chi connectivity index (χ1) is 3.93. The van der Waals surface area contributed by atoms with Crippen LogP contribution >= 0.6 is 0 Å². The minimum absolute atomic E-state index is 0. The Labute approximate surface area is 88.2 Å². The predicted molar refractivity (Wildman–Crippen MR) is 41.8 cm³/mol. The maximum atomic E-state index is 3.62. The Morgan fingerprint density at radius 3 is 2.10 bits per heavy atom. The van der Waals surface area contributed by atoms with Gasteiger partial charge in [-0.1, -0.05) is 6.08 Å². The van der Waals surface area contributed by atoms with Crippen molar-refractivity contribution in [3.63, 3.8) is 0 Å². The normalized spacial score (nSPS) is 6.80. The van der Waals surface area contributed by atoms with E-state index in [0.29, 0.717) is 0 Å². The van der Waals surface area contributed by atoms with Crippen molar-refractivity contribution in [1.82, 2.24) is 0 Å². The summed E-state index contributed by atoms with van der Waals surface area (Å²) >= 11 is 0. The summed E-state index contributed by atoms with van der Waals surface area (Å²) < 4.78 is 0. The van der Waals surface area contributed by atoms with Crippen molar-refractivity contribution in [3.05, 3.63) is 49.9 Å². The minimum Gasteiger partial charge on any atom is -0.358 e. The Morgan fingerprint density at radius 1 is 1.30 bits per heavy atom. The van der Waals surface area contributed by atoms with Crippen LogP contribution in [-0.4, -0.2) is 0 Å². The molecule has 1 rings (SSSR count). The maximum absolute atomic E-state index is 3.62. The molecule has 1 heteroatoms. The van der Waals surface area contributed by atoms with Gasteiger partial charge in [-0.25, -0.2) is 0 Å². The zero-order valence-electron chi connectivity index (χ0n) is 6.17. The average molecular weight is 207 g/mol. The van der Waals surface area contributed by atoms with Crippen molar-refractivity contribution in [1.29, 1.82) is 0 Å². The second kappa shape index (κ2) is 7.17. The van der Waals surface area contributed by atoms with E-state index < -0.39 is 0 Å². The molecule has 0 heterocycles. The summed E-state index contributed by atoms with van der Waals surface area (Å²) in [5.74, 6) is 0. The van der Waals surface area contributed by atoms with Crippen LogP contribution in [0.2, 0.25) is 0 Å². The smallest absolute Gasteiger partial charge is 0 e. The summed E-state index contributed by atoms with van der Waals surface area (Å²) in [4.78, 5) is 0. The van der Waals surface area contributed by atoms with Gasteiger partial charge in [-0.05, 0) is 0 Å². The SMILES string of the molecule is C=Cc1cc[c-]cc1.[CH3-].[Y]. The number of rotatable bonds is 1. The van der Waals surface area contributed by atoms with Crippen LogP contribution in [0.1, 0.15) is 5.56 Å². The zero-order chi connectivity index (χ0) is 5.82. The minimum atomic E-state index is 0. The Morgan fingerprint density at radius 2 is 1.80 bits per heavy atom. The van der Waals surface area contributed by atoms with Gasteiger partial charge in [0.15, 0.2) is 0 Å². The van der Waals surface area contributed by atoms with Crippen LogP contribution in [0.4, 0.5) is 0 Å². The van der Waals surface area contributed by atoms with E-state index in [0.717, 1.165) is 5.56 Å². The number of benzene rings is 1. The summed E-state index contributed by atoms with van der Waals surface area (Å²) in [7, 11) is 0. The van der Waals surface area contributed by atoms with Crippen LogP contribution in [0.15, 0.2) is 30.8 Å². The van der Waals surface area contributed by atoms with Gasteiger partial charge in [-0.2, -0.15) is 30.3 Å². The maximum Gasteiger partial charge on any atom is 0 e. The largest absolute Gasteiger partial charge is 0.358 e. The van der Waals surface area contributed by atoms with Crippen LogP contribution in [-0.2, 0) is 32.7 Å². The Balaban J connectivity index is 0. The molecule has 0 saturated heterocycles. The van der Waals surface area contributed by atoms with Crippen LogP contribution in [0.5, 0.6) is 0 Å². The molecule has 0 N–H and O–H groups in total. The molecular formula is C9H10Y-2. The molecule has 1 aromatic carbocycles. The van der Waals surface area contributed by atoms with Crippen molar-refractivity contribution >= 4 is 6.08 Å². The summed E-state index contributed by atoms with van der Waals surface area (Å²) in [6.07, 6.45) is 1.81. The third kappa shape index (κ3) is 3.97. The summed E-state index contributed by atoms with van der Waals surface area (Å²) in [5, 5.41) is 0. The van der Waals surface area contributed by atoms with Gasteiger partial charge in [0.1, 0.15) is 0 Å². The summed E-state index contributed by atoms with van der Waals surface area (Å²) in [6.45, 7) is 3.62. The molecule has 1 radical (unpaired) electrons. The van der Waals surface area contributed by atoms with Gasteiger partial charge in [0.05, 0.1) is 0 Å². The van der Waals surface area contributed by atoms with Crippen LogP contribution in [0.25, 0.3) is 6.08 Å². The van der Waals surface area contributed by atoms with Gasteiger partial charge in [-0.15, -0.1) is 12.1 Å². The van der Waals surface area contributed by atoms with E-state index >= 15 is 0 Å². The first-order valence-electron chi connectivity index (χ1n) is 2.52. The predicted octanol–water partition coefficient (Wildman–Crippen LogP) is 2.58. The third-order valence-electron chi connectivity index (χ3n) is 0.980. The molecule has 0 saturated carbocycles. The first kappa shape index (κ1) is 12.7. The van der Waals surface area contributed by atoms with E-state index in [1.807, 2.05) is 30.3 Å². The second-order valence-corrected chi connectivity index (χ2v) is 1.54. The molecule has 0 nitrogen and oxygen atoms in total. The molecule has 0 spiro atoms. The Kier molecular flexibility index (Phi) is 9.12. The molecule has 0 atom stereocenters. The van der Waals surface area contributed by atoms with Crippen molar-refractivity contribution in [3.8, 4) is 0 Å². The molecule has 1 aromatic rings. The fourth-order valence-electron chi connectivity index (χ4n) is 0.536. The van der Waals surface area contributed by atoms with Crippen molar-refractivity contribution in [2.75, 3.05) is 0 Å². The van der Waals surface area contributed by atoms with E-state index in [1.165, 1.54) is 0 Å². The molecular weight excluding hydrogens is 197 g/mol. The monoisotopic (exact) mass is 207 g/mol. The fraction of sp³-hybridized carbons (Fsp3) is 0.